The van der Waals surface area contributed by atoms with Crippen LogP contribution in [0.15, 0.2) is 47.9 Å². The van der Waals surface area contributed by atoms with Crippen molar-refractivity contribution in [1.82, 2.24) is 19.9 Å². The van der Waals surface area contributed by atoms with E-state index in [-0.39, 0.29) is 17.1 Å². The Labute approximate surface area is 149 Å². The van der Waals surface area contributed by atoms with Gasteiger partial charge in [0.05, 0.1) is 10.8 Å². The fourth-order valence-electron chi connectivity index (χ4n) is 2.20. The first-order chi connectivity index (χ1) is 12.2. The maximum absolute atomic E-state index is 12.3. The van der Waals surface area contributed by atoms with E-state index in [2.05, 4.69) is 30.6 Å². The summed E-state index contributed by atoms with van der Waals surface area (Å²) in [5, 5.41) is 7.05. The lowest BCUT2D eigenvalue weighted by molar-refractivity contribution is -0.115. The Morgan fingerprint density at radius 2 is 1.92 bits per heavy atom. The molecule has 0 aliphatic carbocycles. The molecule has 0 aliphatic heterocycles. The summed E-state index contributed by atoms with van der Waals surface area (Å²) in [6, 6.07) is 9.49. The Morgan fingerprint density at radius 1 is 1.16 bits per heavy atom. The highest BCUT2D eigenvalue weighted by atomic mass is 32.2. The molecule has 1 aromatic carbocycles. The molecule has 0 bridgehead atoms. The highest BCUT2D eigenvalue weighted by Crippen LogP contribution is 2.26. The molecule has 7 nitrogen and oxygen atoms in total. The Hall–Kier alpha value is -2.74. The van der Waals surface area contributed by atoms with Gasteiger partial charge in [0.25, 0.3) is 0 Å². The van der Waals surface area contributed by atoms with Crippen molar-refractivity contribution in [2.75, 3.05) is 17.2 Å². The van der Waals surface area contributed by atoms with E-state index in [4.69, 9.17) is 0 Å². The molecule has 2 aromatic heterocycles. The molecule has 128 valence electrons. The molecule has 0 aliphatic rings. The summed E-state index contributed by atoms with van der Waals surface area (Å²) in [7, 11) is 0. The number of benzene rings is 1. The SMILES string of the molecule is CCNc1nc(SC(C)C(=O)Nc2ncccn2)nc2ccccc12. The summed E-state index contributed by atoms with van der Waals surface area (Å²) in [5.74, 6) is 0.861. The number of amides is 1. The largest absolute Gasteiger partial charge is 0.370 e. The van der Waals surface area contributed by atoms with Crippen molar-refractivity contribution in [3.05, 3.63) is 42.7 Å². The zero-order valence-corrected chi connectivity index (χ0v) is 14.7. The second kappa shape index (κ2) is 7.89. The van der Waals surface area contributed by atoms with Crippen molar-refractivity contribution in [1.29, 1.82) is 0 Å². The zero-order chi connectivity index (χ0) is 17.6. The third kappa shape index (κ3) is 4.21. The van der Waals surface area contributed by atoms with Crippen molar-refractivity contribution in [3.63, 3.8) is 0 Å². The minimum Gasteiger partial charge on any atom is -0.370 e. The number of para-hydroxylation sites is 1. The van der Waals surface area contributed by atoms with Gasteiger partial charge in [-0.25, -0.2) is 19.9 Å². The Kier molecular flexibility index (Phi) is 5.39. The van der Waals surface area contributed by atoms with Crippen molar-refractivity contribution in [2.45, 2.75) is 24.3 Å². The first-order valence-electron chi connectivity index (χ1n) is 7.92. The van der Waals surface area contributed by atoms with E-state index in [1.54, 1.807) is 25.4 Å². The molecule has 0 radical (unpaired) electrons. The molecular formula is C17H18N6OS. The van der Waals surface area contributed by atoms with Crippen LogP contribution in [0, 0.1) is 0 Å². The second-order valence-electron chi connectivity index (χ2n) is 5.22. The predicted molar refractivity (Wildman–Crippen MR) is 99.7 cm³/mol. The average molecular weight is 354 g/mol. The Balaban J connectivity index is 1.78. The van der Waals surface area contributed by atoms with Crippen molar-refractivity contribution >= 4 is 40.3 Å². The summed E-state index contributed by atoms with van der Waals surface area (Å²) in [6.07, 6.45) is 3.16. The molecule has 0 saturated heterocycles. The molecule has 1 atom stereocenters. The van der Waals surface area contributed by atoms with Gasteiger partial charge >= 0.3 is 0 Å². The van der Waals surface area contributed by atoms with Crippen LogP contribution in [0.4, 0.5) is 11.8 Å². The van der Waals surface area contributed by atoms with Gasteiger partial charge in [0, 0.05) is 24.3 Å². The van der Waals surface area contributed by atoms with Gasteiger partial charge in [-0.3, -0.25) is 10.1 Å². The zero-order valence-electron chi connectivity index (χ0n) is 13.9. The molecule has 1 unspecified atom stereocenters. The molecule has 25 heavy (non-hydrogen) atoms. The van der Waals surface area contributed by atoms with E-state index in [9.17, 15) is 4.79 Å². The minimum absolute atomic E-state index is 0.196. The van der Waals surface area contributed by atoms with Crippen LogP contribution in [0.25, 0.3) is 10.9 Å². The number of fused-ring (bicyclic) bond motifs is 1. The van der Waals surface area contributed by atoms with Gasteiger partial charge in [-0.15, -0.1) is 0 Å². The van der Waals surface area contributed by atoms with Gasteiger partial charge < -0.3 is 5.32 Å². The smallest absolute Gasteiger partial charge is 0.240 e. The first-order valence-corrected chi connectivity index (χ1v) is 8.80. The van der Waals surface area contributed by atoms with Crippen LogP contribution in [0.1, 0.15) is 13.8 Å². The number of hydrogen-bond acceptors (Lipinski definition) is 7. The van der Waals surface area contributed by atoms with Crippen molar-refractivity contribution in [2.24, 2.45) is 0 Å². The van der Waals surface area contributed by atoms with Gasteiger partial charge in [0.2, 0.25) is 11.9 Å². The molecule has 0 spiro atoms. The predicted octanol–water partition coefficient (Wildman–Crippen LogP) is 2.97. The van der Waals surface area contributed by atoms with E-state index in [1.165, 1.54) is 11.8 Å². The number of nitrogens with one attached hydrogen (secondary N) is 2. The van der Waals surface area contributed by atoms with E-state index in [0.29, 0.717) is 5.16 Å². The van der Waals surface area contributed by atoms with Crippen molar-refractivity contribution in [3.8, 4) is 0 Å². The molecule has 3 rings (SSSR count). The molecular weight excluding hydrogens is 336 g/mol. The van der Waals surface area contributed by atoms with E-state index in [1.807, 2.05) is 31.2 Å². The van der Waals surface area contributed by atoms with E-state index in [0.717, 1.165) is 23.3 Å². The maximum atomic E-state index is 12.3. The van der Waals surface area contributed by atoms with E-state index >= 15 is 0 Å². The quantitative estimate of drug-likeness (QED) is 0.519. The molecule has 3 aromatic rings. The number of carbonyl (C=O) groups excluding carboxylic acids is 1. The topological polar surface area (TPSA) is 92.7 Å². The van der Waals surface area contributed by atoms with Crippen LogP contribution < -0.4 is 10.6 Å². The third-order valence-corrected chi connectivity index (χ3v) is 4.34. The normalized spacial score (nSPS) is 11.9. The highest BCUT2D eigenvalue weighted by Gasteiger charge is 2.18. The second-order valence-corrected chi connectivity index (χ2v) is 6.53. The van der Waals surface area contributed by atoms with Crippen LogP contribution in [0.3, 0.4) is 0 Å². The number of nitrogens with zero attached hydrogens (tertiary/aromatic N) is 4. The number of carbonyl (C=O) groups is 1. The van der Waals surface area contributed by atoms with Crippen LogP contribution >= 0.6 is 11.8 Å². The first kappa shape index (κ1) is 17.1. The van der Waals surface area contributed by atoms with Crippen LogP contribution in [-0.4, -0.2) is 37.6 Å². The van der Waals surface area contributed by atoms with Gasteiger partial charge in [0.15, 0.2) is 5.16 Å². The fourth-order valence-corrected chi connectivity index (χ4v) is 2.97. The monoisotopic (exact) mass is 354 g/mol. The summed E-state index contributed by atoms with van der Waals surface area (Å²) < 4.78 is 0. The molecule has 0 fully saturated rings. The Morgan fingerprint density at radius 3 is 2.68 bits per heavy atom. The van der Waals surface area contributed by atoms with Gasteiger partial charge in [-0.1, -0.05) is 23.9 Å². The molecule has 8 heteroatoms. The molecule has 2 heterocycles. The number of aromatic nitrogens is 4. The molecule has 1 amide bonds. The third-order valence-electron chi connectivity index (χ3n) is 3.38. The summed E-state index contributed by atoms with van der Waals surface area (Å²) in [4.78, 5) is 29.4. The van der Waals surface area contributed by atoms with Crippen molar-refractivity contribution < 1.29 is 4.79 Å². The number of rotatable bonds is 6. The summed E-state index contributed by atoms with van der Waals surface area (Å²) >= 11 is 1.30. The summed E-state index contributed by atoms with van der Waals surface area (Å²) in [6.45, 7) is 4.57. The Bertz CT molecular complexity index is 873. The number of hydrogen-bond donors (Lipinski definition) is 2. The van der Waals surface area contributed by atoms with Crippen LogP contribution in [-0.2, 0) is 4.79 Å². The van der Waals surface area contributed by atoms with Gasteiger partial charge in [-0.05, 0) is 32.0 Å². The molecule has 0 saturated carbocycles. The van der Waals surface area contributed by atoms with Gasteiger partial charge in [0.1, 0.15) is 5.82 Å². The average Bonchev–Trinajstić information content (AvgIpc) is 2.63. The summed E-state index contributed by atoms with van der Waals surface area (Å²) in [5.41, 5.74) is 0.843. The minimum atomic E-state index is -0.389. The van der Waals surface area contributed by atoms with Crippen LogP contribution in [0.2, 0.25) is 0 Å². The van der Waals surface area contributed by atoms with E-state index < -0.39 is 0 Å². The van der Waals surface area contributed by atoms with Gasteiger partial charge in [-0.2, -0.15) is 0 Å². The maximum Gasteiger partial charge on any atom is 0.240 e. The number of anilines is 2. The number of thioether (sulfide) groups is 1. The lowest BCUT2D eigenvalue weighted by Crippen LogP contribution is -2.23. The lowest BCUT2D eigenvalue weighted by Gasteiger charge is -2.12. The lowest BCUT2D eigenvalue weighted by atomic mass is 10.2. The van der Waals surface area contributed by atoms with Crippen LogP contribution in [0.5, 0.6) is 0 Å². The fraction of sp³-hybridized carbons (Fsp3) is 0.235. The standard InChI is InChI=1S/C17H18N6OS/c1-3-18-14-12-7-4-5-8-13(12)21-17(22-14)25-11(2)15(24)23-16-19-9-6-10-20-16/h4-11H,3H2,1-2H3,(H,18,21,22)(H,19,20,23,24). The highest BCUT2D eigenvalue weighted by molar-refractivity contribution is 8.00. The molecule has 2 N–H and O–H groups in total.